The summed E-state index contributed by atoms with van der Waals surface area (Å²) in [6.07, 6.45) is 3.88. The summed E-state index contributed by atoms with van der Waals surface area (Å²) in [4.78, 5) is 0. The van der Waals surface area contributed by atoms with E-state index in [-0.39, 0.29) is 0 Å². The summed E-state index contributed by atoms with van der Waals surface area (Å²) < 4.78 is 0. The standard InChI is InChI=1S/C11H10ClN/c1-8-10-5-3-2-4-9(10)6-7-13-11(8)12/h2-7,13H,1H3. The predicted octanol–water partition coefficient (Wildman–Crippen LogP) is 3.19. The molecule has 0 amide bonds. The molecule has 0 bridgehead atoms. The highest BCUT2D eigenvalue weighted by atomic mass is 35.5. The third-order valence-corrected chi connectivity index (χ3v) is 2.56. The quantitative estimate of drug-likeness (QED) is 0.621. The van der Waals surface area contributed by atoms with Crippen LogP contribution in [0.25, 0.3) is 11.6 Å². The lowest BCUT2D eigenvalue weighted by Crippen LogP contribution is -1.98. The molecule has 0 fully saturated rings. The summed E-state index contributed by atoms with van der Waals surface area (Å²) in [6, 6.07) is 8.19. The molecule has 13 heavy (non-hydrogen) atoms. The lowest BCUT2D eigenvalue weighted by molar-refractivity contribution is 1.18. The zero-order valence-electron chi connectivity index (χ0n) is 7.34. The Kier molecular flexibility index (Phi) is 2.11. The summed E-state index contributed by atoms with van der Waals surface area (Å²) in [6.45, 7) is 2.02. The maximum atomic E-state index is 6.02. The fourth-order valence-corrected chi connectivity index (χ4v) is 1.58. The number of rotatable bonds is 0. The third-order valence-electron chi connectivity index (χ3n) is 2.17. The maximum Gasteiger partial charge on any atom is 0.109 e. The van der Waals surface area contributed by atoms with Crippen molar-refractivity contribution in [2.24, 2.45) is 0 Å². The Morgan fingerprint density at radius 3 is 2.85 bits per heavy atom. The molecule has 1 aliphatic heterocycles. The van der Waals surface area contributed by atoms with Crippen LogP contribution in [0.1, 0.15) is 18.1 Å². The van der Waals surface area contributed by atoms with Crippen LogP contribution in [0.4, 0.5) is 0 Å². The normalized spacial score (nSPS) is 14.9. The highest BCUT2D eigenvalue weighted by molar-refractivity contribution is 6.32. The Morgan fingerprint density at radius 1 is 1.23 bits per heavy atom. The van der Waals surface area contributed by atoms with E-state index in [1.807, 2.05) is 31.3 Å². The first kappa shape index (κ1) is 8.39. The van der Waals surface area contributed by atoms with Crippen LogP contribution in [0.5, 0.6) is 0 Å². The number of hydrogen-bond acceptors (Lipinski definition) is 1. The summed E-state index contributed by atoms with van der Waals surface area (Å²) in [5, 5.41) is 3.70. The van der Waals surface area contributed by atoms with Gasteiger partial charge in [0.2, 0.25) is 0 Å². The Labute approximate surface area is 82.7 Å². The van der Waals surface area contributed by atoms with Crippen LogP contribution in [0.2, 0.25) is 0 Å². The summed E-state index contributed by atoms with van der Waals surface area (Å²) >= 11 is 6.02. The Hall–Kier alpha value is -1.21. The van der Waals surface area contributed by atoms with Crippen LogP contribution in [-0.2, 0) is 0 Å². The van der Waals surface area contributed by atoms with E-state index in [2.05, 4.69) is 17.4 Å². The Bertz CT molecular complexity index is 391. The number of halogens is 1. The number of hydrogen-bond donors (Lipinski definition) is 1. The largest absolute Gasteiger partial charge is 0.352 e. The lowest BCUT2D eigenvalue weighted by Gasteiger charge is -2.05. The van der Waals surface area contributed by atoms with Crippen molar-refractivity contribution in [3.8, 4) is 0 Å². The van der Waals surface area contributed by atoms with Crippen molar-refractivity contribution in [1.29, 1.82) is 0 Å². The molecular formula is C11H10ClN. The van der Waals surface area contributed by atoms with E-state index in [1.54, 1.807) is 0 Å². The van der Waals surface area contributed by atoms with Gasteiger partial charge < -0.3 is 5.32 Å². The van der Waals surface area contributed by atoms with Crippen LogP contribution in [0, 0.1) is 0 Å². The average Bonchev–Trinajstić information content (AvgIpc) is 2.29. The average molecular weight is 192 g/mol. The third kappa shape index (κ3) is 1.47. The Morgan fingerprint density at radius 2 is 2.00 bits per heavy atom. The van der Waals surface area contributed by atoms with Crippen molar-refractivity contribution in [3.63, 3.8) is 0 Å². The molecule has 0 spiro atoms. The Balaban J connectivity index is 2.65. The van der Waals surface area contributed by atoms with Crippen molar-refractivity contribution in [3.05, 3.63) is 46.7 Å². The second kappa shape index (κ2) is 3.27. The summed E-state index contributed by atoms with van der Waals surface area (Å²) in [5.74, 6) is 0. The molecule has 2 rings (SSSR count). The highest BCUT2D eigenvalue weighted by Gasteiger charge is 2.07. The monoisotopic (exact) mass is 191 g/mol. The molecule has 0 saturated heterocycles. The van der Waals surface area contributed by atoms with Gasteiger partial charge in [-0.25, -0.2) is 0 Å². The molecule has 1 nitrogen and oxygen atoms in total. The molecule has 1 aliphatic rings. The van der Waals surface area contributed by atoms with E-state index in [4.69, 9.17) is 11.6 Å². The number of nitrogens with one attached hydrogen (secondary N) is 1. The zero-order chi connectivity index (χ0) is 9.26. The number of allylic oxidation sites excluding steroid dienone is 1. The molecule has 0 radical (unpaired) electrons. The van der Waals surface area contributed by atoms with E-state index < -0.39 is 0 Å². The van der Waals surface area contributed by atoms with E-state index in [0.717, 1.165) is 5.57 Å². The minimum atomic E-state index is 0.696. The SMILES string of the molecule is CC1=C(Cl)NC=Cc2ccccc21. The van der Waals surface area contributed by atoms with Crippen LogP contribution >= 0.6 is 11.6 Å². The minimum absolute atomic E-state index is 0.696. The van der Waals surface area contributed by atoms with Crippen LogP contribution in [-0.4, -0.2) is 0 Å². The van der Waals surface area contributed by atoms with Gasteiger partial charge >= 0.3 is 0 Å². The molecule has 0 atom stereocenters. The fraction of sp³-hybridized carbons (Fsp3) is 0.0909. The van der Waals surface area contributed by atoms with Gasteiger partial charge in [0, 0.05) is 6.20 Å². The summed E-state index contributed by atoms with van der Waals surface area (Å²) in [7, 11) is 0. The first-order chi connectivity index (χ1) is 6.29. The smallest absolute Gasteiger partial charge is 0.109 e. The first-order valence-corrected chi connectivity index (χ1v) is 4.55. The first-order valence-electron chi connectivity index (χ1n) is 4.18. The molecule has 1 N–H and O–H groups in total. The summed E-state index contributed by atoms with van der Waals surface area (Å²) in [5.41, 5.74) is 3.47. The van der Waals surface area contributed by atoms with Gasteiger partial charge in [0.05, 0.1) is 0 Å². The van der Waals surface area contributed by atoms with Gasteiger partial charge in [-0.05, 0) is 29.7 Å². The molecule has 0 aromatic heterocycles. The molecule has 0 aliphatic carbocycles. The van der Waals surface area contributed by atoms with Gasteiger partial charge in [0.15, 0.2) is 0 Å². The fourth-order valence-electron chi connectivity index (χ4n) is 1.41. The van der Waals surface area contributed by atoms with Gasteiger partial charge in [0.25, 0.3) is 0 Å². The van der Waals surface area contributed by atoms with E-state index in [9.17, 15) is 0 Å². The van der Waals surface area contributed by atoms with Gasteiger partial charge in [-0.2, -0.15) is 0 Å². The molecule has 2 heteroatoms. The number of benzene rings is 1. The van der Waals surface area contributed by atoms with Crippen molar-refractivity contribution in [1.82, 2.24) is 5.32 Å². The minimum Gasteiger partial charge on any atom is -0.352 e. The van der Waals surface area contributed by atoms with Gasteiger partial charge in [0.1, 0.15) is 5.16 Å². The van der Waals surface area contributed by atoms with Crippen molar-refractivity contribution >= 4 is 23.3 Å². The lowest BCUT2D eigenvalue weighted by atomic mass is 10.0. The highest BCUT2D eigenvalue weighted by Crippen LogP contribution is 2.25. The molecule has 0 saturated carbocycles. The van der Waals surface area contributed by atoms with Gasteiger partial charge in [-0.1, -0.05) is 35.9 Å². The van der Waals surface area contributed by atoms with E-state index >= 15 is 0 Å². The predicted molar refractivity (Wildman–Crippen MR) is 57.1 cm³/mol. The second-order valence-electron chi connectivity index (χ2n) is 3.00. The number of fused-ring (bicyclic) bond motifs is 1. The van der Waals surface area contributed by atoms with Crippen LogP contribution in [0.15, 0.2) is 35.6 Å². The van der Waals surface area contributed by atoms with Crippen molar-refractivity contribution in [2.75, 3.05) is 0 Å². The van der Waals surface area contributed by atoms with E-state index in [0.29, 0.717) is 5.16 Å². The maximum absolute atomic E-state index is 6.02. The molecule has 1 aromatic carbocycles. The molecule has 1 heterocycles. The molecule has 1 aromatic rings. The van der Waals surface area contributed by atoms with Crippen molar-refractivity contribution < 1.29 is 0 Å². The van der Waals surface area contributed by atoms with Crippen LogP contribution in [0.3, 0.4) is 0 Å². The molecule has 66 valence electrons. The van der Waals surface area contributed by atoms with E-state index in [1.165, 1.54) is 11.1 Å². The zero-order valence-corrected chi connectivity index (χ0v) is 8.10. The van der Waals surface area contributed by atoms with Gasteiger partial charge in [-0.15, -0.1) is 0 Å². The van der Waals surface area contributed by atoms with Crippen LogP contribution < -0.4 is 5.32 Å². The van der Waals surface area contributed by atoms with Crippen molar-refractivity contribution in [2.45, 2.75) is 6.92 Å². The second-order valence-corrected chi connectivity index (χ2v) is 3.38. The van der Waals surface area contributed by atoms with Gasteiger partial charge in [-0.3, -0.25) is 0 Å². The molecular weight excluding hydrogens is 182 g/mol. The topological polar surface area (TPSA) is 12.0 Å². The molecule has 0 unspecified atom stereocenters.